The molecule has 4 aromatic rings. The molecule has 2 aromatic heterocycles. The van der Waals surface area contributed by atoms with E-state index in [1.165, 1.54) is 18.0 Å². The van der Waals surface area contributed by atoms with E-state index in [1.54, 1.807) is 42.5 Å². The number of aromatic nitrogens is 1. The van der Waals surface area contributed by atoms with Gasteiger partial charge in [-0.05, 0) is 55.5 Å². The molecule has 0 fully saturated rings. The lowest BCUT2D eigenvalue weighted by atomic mass is 10.2. The second kappa shape index (κ2) is 9.36. The molecule has 2 N–H and O–H groups in total. The highest BCUT2D eigenvalue weighted by Gasteiger charge is 2.13. The van der Waals surface area contributed by atoms with Gasteiger partial charge in [-0.2, -0.15) is 0 Å². The number of benzene rings is 2. The molecule has 156 valence electrons. The minimum absolute atomic E-state index is 0.218. The molecular weight excluding hydrogens is 414 g/mol. The van der Waals surface area contributed by atoms with Crippen LogP contribution in [-0.4, -0.2) is 17.0 Å². The van der Waals surface area contributed by atoms with Crippen molar-refractivity contribution in [2.24, 2.45) is 0 Å². The van der Waals surface area contributed by atoms with Gasteiger partial charge in [0, 0.05) is 22.3 Å². The van der Waals surface area contributed by atoms with Gasteiger partial charge >= 0.3 is 0 Å². The standard InChI is InChI=1S/C23H19N3O4S/c1-15-13-18(30-26-15)14-31-21-7-3-2-5-19(21)22(27)24-16-8-10-17(11-9-16)25-23(28)20-6-4-12-29-20/h2-13H,14H2,1H3,(H,24,27)(H,25,28). The predicted octanol–water partition coefficient (Wildman–Crippen LogP) is 5.37. The molecule has 0 aliphatic rings. The first-order valence-corrected chi connectivity index (χ1v) is 10.5. The quantitative estimate of drug-likeness (QED) is 0.380. The number of thioether (sulfide) groups is 1. The minimum Gasteiger partial charge on any atom is -0.459 e. The van der Waals surface area contributed by atoms with Crippen LogP contribution in [0.15, 0.2) is 86.8 Å². The second-order valence-corrected chi connectivity index (χ2v) is 7.70. The highest BCUT2D eigenvalue weighted by molar-refractivity contribution is 7.98. The monoisotopic (exact) mass is 433 g/mol. The van der Waals surface area contributed by atoms with E-state index < -0.39 is 0 Å². The molecule has 31 heavy (non-hydrogen) atoms. The Bertz CT molecular complexity index is 1180. The second-order valence-electron chi connectivity index (χ2n) is 6.68. The van der Waals surface area contributed by atoms with E-state index in [1.807, 2.05) is 31.2 Å². The summed E-state index contributed by atoms with van der Waals surface area (Å²) < 4.78 is 10.3. The molecule has 0 atom stereocenters. The van der Waals surface area contributed by atoms with Crippen molar-refractivity contribution in [3.8, 4) is 0 Å². The average Bonchev–Trinajstić information content (AvgIpc) is 3.46. The van der Waals surface area contributed by atoms with Crippen molar-refractivity contribution in [3.63, 3.8) is 0 Å². The van der Waals surface area contributed by atoms with Crippen molar-refractivity contribution < 1.29 is 18.5 Å². The van der Waals surface area contributed by atoms with Crippen molar-refractivity contribution in [2.75, 3.05) is 10.6 Å². The van der Waals surface area contributed by atoms with Gasteiger partial charge in [0.2, 0.25) is 0 Å². The Morgan fingerprint density at radius 1 is 0.935 bits per heavy atom. The molecule has 0 aliphatic carbocycles. The number of nitrogens with one attached hydrogen (secondary N) is 2. The minimum atomic E-state index is -0.338. The Labute approximate surface area is 182 Å². The largest absolute Gasteiger partial charge is 0.459 e. The van der Waals surface area contributed by atoms with Gasteiger partial charge in [0.25, 0.3) is 11.8 Å². The average molecular weight is 433 g/mol. The SMILES string of the molecule is Cc1cc(CSc2ccccc2C(=O)Nc2ccc(NC(=O)c3ccco3)cc2)on1. The summed E-state index contributed by atoms with van der Waals surface area (Å²) in [6, 6.07) is 19.4. The molecule has 4 rings (SSSR count). The molecule has 0 bridgehead atoms. The van der Waals surface area contributed by atoms with Crippen LogP contribution in [0.25, 0.3) is 0 Å². The number of rotatable bonds is 7. The van der Waals surface area contributed by atoms with Gasteiger partial charge in [0.1, 0.15) is 5.76 Å². The zero-order valence-electron chi connectivity index (χ0n) is 16.6. The van der Waals surface area contributed by atoms with Gasteiger partial charge in [-0.25, -0.2) is 0 Å². The molecule has 0 spiro atoms. The maximum absolute atomic E-state index is 12.8. The molecule has 2 amide bonds. The topological polar surface area (TPSA) is 97.4 Å². The van der Waals surface area contributed by atoms with Gasteiger partial charge in [0.05, 0.1) is 23.3 Å². The smallest absolute Gasteiger partial charge is 0.291 e. The molecule has 7 nitrogen and oxygen atoms in total. The Morgan fingerprint density at radius 2 is 1.65 bits per heavy atom. The highest BCUT2D eigenvalue weighted by Crippen LogP contribution is 2.27. The van der Waals surface area contributed by atoms with Crippen LogP contribution in [-0.2, 0) is 5.75 Å². The Kier molecular flexibility index (Phi) is 6.18. The summed E-state index contributed by atoms with van der Waals surface area (Å²) in [5.74, 6) is 1.01. The number of furan rings is 1. The number of hydrogen-bond donors (Lipinski definition) is 2. The summed E-state index contributed by atoms with van der Waals surface area (Å²) in [6.45, 7) is 1.87. The first-order valence-electron chi connectivity index (χ1n) is 9.49. The van der Waals surface area contributed by atoms with E-state index >= 15 is 0 Å². The van der Waals surface area contributed by atoms with E-state index in [9.17, 15) is 9.59 Å². The Balaban J connectivity index is 1.39. The summed E-state index contributed by atoms with van der Waals surface area (Å²) in [6.07, 6.45) is 1.44. The molecule has 0 radical (unpaired) electrons. The van der Waals surface area contributed by atoms with Crippen molar-refractivity contribution in [3.05, 3.63) is 95.8 Å². The molecule has 0 saturated heterocycles. The molecule has 8 heteroatoms. The van der Waals surface area contributed by atoms with Crippen molar-refractivity contribution in [2.45, 2.75) is 17.6 Å². The summed E-state index contributed by atoms with van der Waals surface area (Å²) in [5.41, 5.74) is 2.61. The number of aryl methyl sites for hydroxylation is 1. The fourth-order valence-electron chi connectivity index (χ4n) is 2.85. The van der Waals surface area contributed by atoms with Crippen molar-refractivity contribution in [1.29, 1.82) is 0 Å². The van der Waals surface area contributed by atoms with Gasteiger partial charge in [-0.15, -0.1) is 11.8 Å². The normalized spacial score (nSPS) is 10.6. The van der Waals surface area contributed by atoms with Gasteiger partial charge in [-0.3, -0.25) is 9.59 Å². The summed E-state index contributed by atoms with van der Waals surface area (Å²) >= 11 is 1.51. The number of hydrogen-bond acceptors (Lipinski definition) is 6. The Morgan fingerprint density at radius 3 is 2.29 bits per heavy atom. The van der Waals surface area contributed by atoms with E-state index in [2.05, 4.69) is 15.8 Å². The molecule has 0 aliphatic heterocycles. The van der Waals surface area contributed by atoms with E-state index in [-0.39, 0.29) is 17.6 Å². The van der Waals surface area contributed by atoms with Gasteiger partial charge in [-0.1, -0.05) is 17.3 Å². The first kappa shape index (κ1) is 20.5. The highest BCUT2D eigenvalue weighted by atomic mass is 32.2. The van der Waals surface area contributed by atoms with Crippen LogP contribution in [0.5, 0.6) is 0 Å². The fraction of sp³-hybridized carbons (Fsp3) is 0.0870. The van der Waals surface area contributed by atoms with E-state index in [0.717, 1.165) is 16.3 Å². The maximum atomic E-state index is 12.8. The third-order valence-corrected chi connectivity index (χ3v) is 5.42. The van der Waals surface area contributed by atoms with Gasteiger partial charge < -0.3 is 19.6 Å². The predicted molar refractivity (Wildman–Crippen MR) is 118 cm³/mol. The van der Waals surface area contributed by atoms with Gasteiger partial charge in [0.15, 0.2) is 5.76 Å². The van der Waals surface area contributed by atoms with Crippen LogP contribution >= 0.6 is 11.8 Å². The van der Waals surface area contributed by atoms with E-state index in [0.29, 0.717) is 22.7 Å². The van der Waals surface area contributed by atoms with Crippen LogP contribution in [0, 0.1) is 6.92 Å². The molecule has 0 unspecified atom stereocenters. The number of anilines is 2. The fourth-order valence-corrected chi connectivity index (χ4v) is 3.77. The lowest BCUT2D eigenvalue weighted by Crippen LogP contribution is -2.13. The zero-order chi connectivity index (χ0) is 21.6. The van der Waals surface area contributed by atoms with E-state index in [4.69, 9.17) is 8.94 Å². The first-order chi connectivity index (χ1) is 15.1. The maximum Gasteiger partial charge on any atom is 0.291 e. The summed E-state index contributed by atoms with van der Waals surface area (Å²) in [5, 5.41) is 9.51. The summed E-state index contributed by atoms with van der Waals surface area (Å²) in [7, 11) is 0. The zero-order valence-corrected chi connectivity index (χ0v) is 17.4. The lowest BCUT2D eigenvalue weighted by molar-refractivity contribution is 0.0994. The van der Waals surface area contributed by atoms with Crippen LogP contribution in [0.3, 0.4) is 0 Å². The third-order valence-electron chi connectivity index (χ3n) is 4.32. The number of carbonyl (C=O) groups is 2. The van der Waals surface area contributed by atoms with Crippen LogP contribution in [0.4, 0.5) is 11.4 Å². The molecule has 2 aromatic carbocycles. The van der Waals surface area contributed by atoms with Crippen molar-refractivity contribution >= 4 is 35.0 Å². The molecule has 2 heterocycles. The van der Waals surface area contributed by atoms with Crippen molar-refractivity contribution in [1.82, 2.24) is 5.16 Å². The molecular formula is C23H19N3O4S. The number of amides is 2. The van der Waals surface area contributed by atoms with Crippen LogP contribution in [0.2, 0.25) is 0 Å². The lowest BCUT2D eigenvalue weighted by Gasteiger charge is -2.10. The Hall–Kier alpha value is -3.78. The third kappa shape index (κ3) is 5.23. The van der Waals surface area contributed by atoms with Crippen LogP contribution in [0.1, 0.15) is 32.4 Å². The molecule has 0 saturated carbocycles. The summed E-state index contributed by atoms with van der Waals surface area (Å²) in [4.78, 5) is 25.7. The number of nitrogens with zero attached hydrogens (tertiary/aromatic N) is 1. The number of carbonyl (C=O) groups excluding carboxylic acids is 2. The van der Waals surface area contributed by atoms with Crippen LogP contribution < -0.4 is 10.6 Å².